The monoisotopic (exact) mass is 551 g/mol. The molecule has 2 aromatic carbocycles. The Bertz CT molecular complexity index is 1020. The van der Waals surface area contributed by atoms with E-state index in [4.69, 9.17) is 21.3 Å². The van der Waals surface area contributed by atoms with Crippen LogP contribution in [-0.4, -0.2) is 30.4 Å². The van der Waals surface area contributed by atoms with Gasteiger partial charge in [-0.25, -0.2) is 8.42 Å². The van der Waals surface area contributed by atoms with Crippen LogP contribution in [0.25, 0.3) is 4.24 Å². The molecule has 1 aliphatic rings. The minimum Gasteiger partial charge on any atom is -0.458 e. The Kier molecular flexibility index (Phi) is 15.7. The van der Waals surface area contributed by atoms with E-state index in [2.05, 4.69) is 18.1 Å². The normalized spacial score (nSPS) is 13.8. The molecule has 1 heterocycles. The number of halogens is 1. The van der Waals surface area contributed by atoms with E-state index in [1.807, 2.05) is 25.1 Å². The summed E-state index contributed by atoms with van der Waals surface area (Å²) in [5.41, 5.74) is 2.16. The van der Waals surface area contributed by atoms with Crippen molar-refractivity contribution in [2.45, 2.75) is 75.9 Å². The van der Waals surface area contributed by atoms with E-state index < -0.39 is 20.8 Å². The van der Waals surface area contributed by atoms with Crippen LogP contribution in [0, 0.1) is 6.92 Å². The van der Waals surface area contributed by atoms with Gasteiger partial charge in [0, 0.05) is 26.7 Å². The predicted octanol–water partition coefficient (Wildman–Crippen LogP) is 3.67. The number of ether oxygens (including phenoxy) is 2. The van der Waals surface area contributed by atoms with Gasteiger partial charge in [-0.2, -0.15) is 0 Å². The maximum Gasteiger partial charge on any atom is 1.00 e. The zero-order valence-electron chi connectivity index (χ0n) is 21.2. The molecule has 10 heteroatoms. The first-order valence-corrected chi connectivity index (χ1v) is 14.8. The fourth-order valence-corrected chi connectivity index (χ4v) is 5.54. The van der Waals surface area contributed by atoms with Gasteiger partial charge in [0.25, 0.3) is 0 Å². The fourth-order valence-electron chi connectivity index (χ4n) is 3.47. The smallest absolute Gasteiger partial charge is 0.458 e. The van der Waals surface area contributed by atoms with Crippen LogP contribution in [0.2, 0.25) is 0 Å². The van der Waals surface area contributed by atoms with Crippen molar-refractivity contribution >= 4 is 32.6 Å². The van der Waals surface area contributed by atoms with Crippen LogP contribution < -0.4 is 39.0 Å². The van der Waals surface area contributed by atoms with Gasteiger partial charge in [-0.3, -0.25) is 16.0 Å². The minimum absolute atomic E-state index is 0. The number of nitrogens with zero attached hydrogens (tertiary/aromatic N) is 1. The molecule has 0 aromatic heterocycles. The van der Waals surface area contributed by atoms with Crippen molar-refractivity contribution in [3.63, 3.8) is 0 Å². The number of sulfonamides is 1. The van der Waals surface area contributed by atoms with E-state index in [-0.39, 0.29) is 39.7 Å². The number of hydrogen-bond acceptors (Lipinski definition) is 5. The molecule has 2 unspecified atom stereocenters. The summed E-state index contributed by atoms with van der Waals surface area (Å²) in [5, 5.41) is 0.191. The zero-order chi connectivity index (χ0) is 25.0. The molecule has 2 aromatic rings. The number of unbranched alkanes of at least 4 members (excludes halogenated alkanes) is 5. The topological polar surface area (TPSA) is 83.8 Å². The second kappa shape index (κ2) is 17.0. The minimum atomic E-state index is -3.62. The quantitative estimate of drug-likeness (QED) is 0.297. The summed E-state index contributed by atoms with van der Waals surface area (Å²) in [4.78, 5) is 0.114. The molecule has 3 rings (SSSR count). The first kappa shape index (κ1) is 32.4. The molecular weight excluding hydrogens is 517 g/mol. The van der Waals surface area contributed by atoms with Crippen LogP contribution >= 0.6 is 11.8 Å². The van der Waals surface area contributed by atoms with Gasteiger partial charge in [0.2, 0.25) is 6.79 Å². The molecule has 35 heavy (non-hydrogen) atoms. The van der Waals surface area contributed by atoms with Gasteiger partial charge in [0.15, 0.2) is 11.5 Å². The van der Waals surface area contributed by atoms with Crippen molar-refractivity contribution in [3.8, 4) is 11.5 Å². The molecule has 2 atom stereocenters. The molecule has 0 radical (unpaired) electrons. The molecule has 6 nitrogen and oxygen atoms in total. The predicted molar refractivity (Wildman–Crippen MR) is 140 cm³/mol. The SMILES string of the molecule is CCCCCCCCS(=O)C(C)Cc1ccc2c(c1)OCO2.Cc1ccc(S(=O)(=O)[N-]Cl)cc1.[Na+]. The Hall–Kier alpha value is -0.610. The molecule has 0 N–H and O–H groups in total. The summed E-state index contributed by atoms with van der Waals surface area (Å²) >= 11 is 4.90. The summed E-state index contributed by atoms with van der Waals surface area (Å²) in [5.74, 6) is 2.45. The van der Waals surface area contributed by atoms with Crippen molar-refractivity contribution in [1.29, 1.82) is 0 Å². The molecule has 0 bridgehead atoms. The van der Waals surface area contributed by atoms with Crippen LogP contribution in [0.1, 0.15) is 63.5 Å². The van der Waals surface area contributed by atoms with Crippen molar-refractivity contribution in [1.82, 2.24) is 0 Å². The molecule has 0 amide bonds. The van der Waals surface area contributed by atoms with Gasteiger partial charge in [0.1, 0.15) is 10.0 Å². The molecule has 0 saturated heterocycles. The van der Waals surface area contributed by atoms with Crippen LogP contribution in [-0.2, 0) is 27.2 Å². The molecule has 0 fully saturated rings. The third-order valence-electron chi connectivity index (χ3n) is 5.52. The second-order valence-corrected chi connectivity index (χ2v) is 12.4. The second-order valence-electron chi connectivity index (χ2n) is 8.41. The van der Waals surface area contributed by atoms with Gasteiger partial charge >= 0.3 is 29.6 Å². The van der Waals surface area contributed by atoms with Crippen molar-refractivity contribution in [2.24, 2.45) is 0 Å². The third kappa shape index (κ3) is 11.5. The summed E-state index contributed by atoms with van der Waals surface area (Å²) in [6.07, 6.45) is 8.32. The third-order valence-corrected chi connectivity index (χ3v) is 8.87. The van der Waals surface area contributed by atoms with Gasteiger partial charge in [-0.15, -0.1) is 0 Å². The Balaban J connectivity index is 0.000000401. The number of fused-ring (bicyclic) bond motifs is 1. The first-order valence-electron chi connectivity index (χ1n) is 11.7. The molecule has 190 valence electrons. The van der Waals surface area contributed by atoms with E-state index in [9.17, 15) is 12.6 Å². The summed E-state index contributed by atoms with van der Waals surface area (Å²) in [6.45, 7) is 6.48. The van der Waals surface area contributed by atoms with Crippen molar-refractivity contribution < 1.29 is 51.7 Å². The Morgan fingerprint density at radius 3 is 2.29 bits per heavy atom. The van der Waals surface area contributed by atoms with Crippen molar-refractivity contribution in [2.75, 3.05) is 12.5 Å². The molecule has 0 aliphatic carbocycles. The number of benzene rings is 2. The number of rotatable bonds is 12. The molecule has 0 spiro atoms. The average molecular weight is 552 g/mol. The van der Waals surface area contributed by atoms with Gasteiger partial charge in [-0.1, -0.05) is 69.7 Å². The largest absolute Gasteiger partial charge is 1.00 e. The Morgan fingerprint density at radius 1 is 1.00 bits per heavy atom. The van der Waals surface area contributed by atoms with Crippen LogP contribution in [0.5, 0.6) is 11.5 Å². The average Bonchev–Trinajstić information content (AvgIpc) is 3.30. The van der Waals surface area contributed by atoms with Gasteiger partial charge in [0.05, 0.1) is 0 Å². The Morgan fingerprint density at radius 2 is 1.63 bits per heavy atom. The zero-order valence-corrected chi connectivity index (χ0v) is 25.6. The van der Waals surface area contributed by atoms with Crippen LogP contribution in [0.3, 0.4) is 0 Å². The molecular formula is C25H35ClNNaO5S2. The summed E-state index contributed by atoms with van der Waals surface area (Å²) in [6, 6.07) is 12.3. The van der Waals surface area contributed by atoms with E-state index in [0.29, 0.717) is 6.79 Å². The molecule has 1 aliphatic heterocycles. The Labute approximate surface area is 240 Å². The van der Waals surface area contributed by atoms with E-state index in [1.54, 1.807) is 12.1 Å². The molecule has 0 saturated carbocycles. The summed E-state index contributed by atoms with van der Waals surface area (Å²) in [7, 11) is -4.37. The van der Waals surface area contributed by atoms with E-state index in [1.165, 1.54) is 49.8 Å². The first-order chi connectivity index (χ1) is 16.3. The van der Waals surface area contributed by atoms with Crippen LogP contribution in [0.4, 0.5) is 0 Å². The van der Waals surface area contributed by atoms with Crippen LogP contribution in [0.15, 0.2) is 47.4 Å². The van der Waals surface area contributed by atoms with Gasteiger partial charge in [-0.05, 0) is 49.6 Å². The van der Waals surface area contributed by atoms with Crippen molar-refractivity contribution in [3.05, 3.63) is 57.8 Å². The summed E-state index contributed by atoms with van der Waals surface area (Å²) < 4.78 is 47.8. The van der Waals surface area contributed by atoms with Gasteiger partial charge < -0.3 is 13.7 Å². The number of hydrogen-bond donors (Lipinski definition) is 0. The maximum absolute atomic E-state index is 12.3. The maximum atomic E-state index is 12.3. The fraction of sp³-hybridized carbons (Fsp3) is 0.520. The van der Waals surface area contributed by atoms with E-state index >= 15 is 0 Å². The standard InChI is InChI=1S/C18H28O3S.C7H7ClNO2S.Na/c1-3-4-5-6-7-8-11-22(19)15(2)12-16-9-10-17-18(13-16)21-14-20-17;1-6-2-4-7(5-3-6)12(10,11)9-8;/h9-10,13,15H,3-8,11-12,14H2,1-2H3;2-5H,1H3;/q;-1;+1. The van der Waals surface area contributed by atoms with E-state index in [0.717, 1.165) is 35.7 Å². The number of aryl methyl sites for hydroxylation is 1.